The van der Waals surface area contributed by atoms with Gasteiger partial charge in [-0.15, -0.1) is 0 Å². The van der Waals surface area contributed by atoms with Crippen LogP contribution >= 0.6 is 0 Å². The van der Waals surface area contributed by atoms with E-state index in [-0.39, 0.29) is 12.1 Å². The lowest BCUT2D eigenvalue weighted by atomic mass is 10.1. The first kappa shape index (κ1) is 12.0. The van der Waals surface area contributed by atoms with Crippen LogP contribution in [0, 0.1) is 6.92 Å². The predicted octanol–water partition coefficient (Wildman–Crippen LogP) is 0.615. The fourth-order valence-electron chi connectivity index (χ4n) is 1.47. The lowest BCUT2D eigenvalue weighted by Crippen LogP contribution is -2.31. The molecule has 86 valence electrons. The summed E-state index contributed by atoms with van der Waals surface area (Å²) >= 11 is 0. The van der Waals surface area contributed by atoms with E-state index in [1.807, 2.05) is 6.92 Å². The van der Waals surface area contributed by atoms with Gasteiger partial charge >= 0.3 is 5.97 Å². The van der Waals surface area contributed by atoms with Gasteiger partial charge in [-0.05, 0) is 19.1 Å². The standard InChI is InChI=1S/C11H14N2O3/c1-7-3-4-9(8(5-7)11(15)16)13(2)6-10(12)14/h3-5H,6H2,1-2H3,(H2,12,14)(H,15,16). The Morgan fingerprint density at radius 1 is 1.44 bits per heavy atom. The number of likely N-dealkylation sites (N-methyl/N-ethyl adjacent to an activating group) is 1. The highest BCUT2D eigenvalue weighted by Gasteiger charge is 2.14. The van der Waals surface area contributed by atoms with Crippen molar-refractivity contribution in [3.8, 4) is 0 Å². The molecular weight excluding hydrogens is 208 g/mol. The summed E-state index contributed by atoms with van der Waals surface area (Å²) in [6.07, 6.45) is 0. The first-order chi connectivity index (χ1) is 7.41. The number of amides is 1. The number of carbonyl (C=O) groups excluding carboxylic acids is 1. The second kappa shape index (κ2) is 4.65. The summed E-state index contributed by atoms with van der Waals surface area (Å²) in [5.74, 6) is -1.52. The summed E-state index contributed by atoms with van der Waals surface area (Å²) in [4.78, 5) is 23.3. The van der Waals surface area contributed by atoms with Crippen molar-refractivity contribution in [3.63, 3.8) is 0 Å². The molecule has 0 bridgehead atoms. The predicted molar refractivity (Wildman–Crippen MR) is 60.6 cm³/mol. The van der Waals surface area contributed by atoms with Crippen LogP contribution in [0.25, 0.3) is 0 Å². The molecule has 1 rings (SSSR count). The van der Waals surface area contributed by atoms with Crippen molar-refractivity contribution in [2.24, 2.45) is 5.73 Å². The zero-order valence-corrected chi connectivity index (χ0v) is 9.23. The van der Waals surface area contributed by atoms with Gasteiger partial charge in [-0.2, -0.15) is 0 Å². The minimum atomic E-state index is -1.02. The Morgan fingerprint density at radius 2 is 2.06 bits per heavy atom. The van der Waals surface area contributed by atoms with E-state index in [9.17, 15) is 9.59 Å². The molecule has 0 spiro atoms. The average molecular weight is 222 g/mol. The number of hydrogen-bond acceptors (Lipinski definition) is 3. The van der Waals surface area contributed by atoms with Gasteiger partial charge in [0, 0.05) is 7.05 Å². The van der Waals surface area contributed by atoms with Gasteiger partial charge in [0.2, 0.25) is 5.91 Å². The molecule has 0 aliphatic carbocycles. The van der Waals surface area contributed by atoms with Crippen LogP contribution < -0.4 is 10.6 Å². The number of hydrogen-bond donors (Lipinski definition) is 2. The Labute approximate surface area is 93.5 Å². The number of aromatic carboxylic acids is 1. The number of carbonyl (C=O) groups is 2. The monoisotopic (exact) mass is 222 g/mol. The number of anilines is 1. The summed E-state index contributed by atoms with van der Waals surface area (Å²) in [6, 6.07) is 5.02. The summed E-state index contributed by atoms with van der Waals surface area (Å²) in [6.45, 7) is 1.80. The van der Waals surface area contributed by atoms with Crippen molar-refractivity contribution in [2.45, 2.75) is 6.92 Å². The van der Waals surface area contributed by atoms with Gasteiger partial charge in [0.05, 0.1) is 17.8 Å². The molecule has 5 nitrogen and oxygen atoms in total. The van der Waals surface area contributed by atoms with Gasteiger partial charge < -0.3 is 15.7 Å². The van der Waals surface area contributed by atoms with Crippen molar-refractivity contribution in [3.05, 3.63) is 29.3 Å². The molecule has 0 saturated carbocycles. The van der Waals surface area contributed by atoms with Crippen LogP contribution in [0.1, 0.15) is 15.9 Å². The summed E-state index contributed by atoms with van der Waals surface area (Å²) in [5, 5.41) is 9.03. The first-order valence-corrected chi connectivity index (χ1v) is 4.75. The van der Waals surface area contributed by atoms with Gasteiger partial charge in [-0.3, -0.25) is 4.79 Å². The van der Waals surface area contributed by atoms with Gasteiger partial charge in [0.1, 0.15) is 0 Å². The second-order valence-electron chi connectivity index (χ2n) is 3.65. The number of aryl methyl sites for hydroxylation is 1. The Bertz CT molecular complexity index is 429. The van der Waals surface area contributed by atoms with E-state index < -0.39 is 11.9 Å². The lowest BCUT2D eigenvalue weighted by molar-refractivity contribution is -0.116. The Kier molecular flexibility index (Phi) is 3.50. The third-order valence-electron chi connectivity index (χ3n) is 2.19. The third-order valence-corrected chi connectivity index (χ3v) is 2.19. The molecule has 0 radical (unpaired) electrons. The molecule has 1 aromatic rings. The Hall–Kier alpha value is -2.04. The minimum absolute atomic E-state index is 0.0106. The third kappa shape index (κ3) is 2.73. The number of nitrogens with zero attached hydrogens (tertiary/aromatic N) is 1. The van der Waals surface area contributed by atoms with Crippen LogP contribution in [0.15, 0.2) is 18.2 Å². The molecule has 0 aromatic heterocycles. The van der Waals surface area contributed by atoms with E-state index in [1.54, 1.807) is 25.2 Å². The van der Waals surface area contributed by atoms with Crippen molar-refractivity contribution in [1.82, 2.24) is 0 Å². The Balaban J connectivity index is 3.12. The zero-order chi connectivity index (χ0) is 12.3. The topological polar surface area (TPSA) is 83.6 Å². The quantitative estimate of drug-likeness (QED) is 0.782. The smallest absolute Gasteiger partial charge is 0.337 e. The highest BCUT2D eigenvalue weighted by Crippen LogP contribution is 2.20. The maximum Gasteiger partial charge on any atom is 0.337 e. The second-order valence-corrected chi connectivity index (χ2v) is 3.65. The van der Waals surface area contributed by atoms with Crippen molar-refractivity contribution in [1.29, 1.82) is 0 Å². The lowest BCUT2D eigenvalue weighted by Gasteiger charge is -2.19. The molecular formula is C11H14N2O3. The van der Waals surface area contributed by atoms with E-state index in [1.165, 1.54) is 4.90 Å². The normalized spacial score (nSPS) is 9.88. The summed E-state index contributed by atoms with van der Waals surface area (Å²) < 4.78 is 0. The van der Waals surface area contributed by atoms with Crippen LogP contribution in [0.4, 0.5) is 5.69 Å². The minimum Gasteiger partial charge on any atom is -0.478 e. The maximum absolute atomic E-state index is 11.0. The largest absolute Gasteiger partial charge is 0.478 e. The van der Waals surface area contributed by atoms with Gasteiger partial charge in [0.25, 0.3) is 0 Å². The summed E-state index contributed by atoms with van der Waals surface area (Å²) in [5.41, 5.74) is 6.57. The van der Waals surface area contributed by atoms with E-state index in [2.05, 4.69) is 0 Å². The molecule has 1 aromatic carbocycles. The zero-order valence-electron chi connectivity index (χ0n) is 9.23. The fraction of sp³-hybridized carbons (Fsp3) is 0.273. The maximum atomic E-state index is 11.0. The van der Waals surface area contributed by atoms with Gasteiger partial charge in [-0.25, -0.2) is 4.79 Å². The molecule has 5 heteroatoms. The first-order valence-electron chi connectivity index (χ1n) is 4.75. The molecule has 1 amide bonds. The summed E-state index contributed by atoms with van der Waals surface area (Å²) in [7, 11) is 1.63. The molecule has 0 unspecified atom stereocenters. The molecule has 0 aliphatic rings. The molecule has 0 aliphatic heterocycles. The highest BCUT2D eigenvalue weighted by atomic mass is 16.4. The van der Waals surface area contributed by atoms with E-state index in [0.717, 1.165) is 5.56 Å². The number of benzene rings is 1. The van der Waals surface area contributed by atoms with Crippen LogP contribution in [0.2, 0.25) is 0 Å². The number of rotatable bonds is 4. The molecule has 0 heterocycles. The number of carboxylic acid groups (broad SMARTS) is 1. The number of nitrogens with two attached hydrogens (primary N) is 1. The van der Waals surface area contributed by atoms with E-state index in [4.69, 9.17) is 10.8 Å². The van der Waals surface area contributed by atoms with Crippen molar-refractivity contribution in [2.75, 3.05) is 18.5 Å². The van der Waals surface area contributed by atoms with E-state index in [0.29, 0.717) is 5.69 Å². The van der Waals surface area contributed by atoms with Gasteiger partial charge in [0.15, 0.2) is 0 Å². The molecule has 3 N–H and O–H groups in total. The molecule has 0 fully saturated rings. The molecule has 0 atom stereocenters. The SMILES string of the molecule is Cc1ccc(N(C)CC(N)=O)c(C(=O)O)c1. The van der Waals surface area contributed by atoms with Crippen LogP contribution in [0.5, 0.6) is 0 Å². The number of primary amides is 1. The Morgan fingerprint density at radius 3 is 2.56 bits per heavy atom. The fourth-order valence-corrected chi connectivity index (χ4v) is 1.47. The van der Waals surface area contributed by atoms with Crippen molar-refractivity contribution >= 4 is 17.6 Å². The van der Waals surface area contributed by atoms with Crippen LogP contribution in [-0.4, -0.2) is 30.6 Å². The highest BCUT2D eigenvalue weighted by molar-refractivity contribution is 5.95. The van der Waals surface area contributed by atoms with Crippen LogP contribution in [-0.2, 0) is 4.79 Å². The molecule has 0 saturated heterocycles. The van der Waals surface area contributed by atoms with Gasteiger partial charge in [-0.1, -0.05) is 11.6 Å². The van der Waals surface area contributed by atoms with Crippen molar-refractivity contribution < 1.29 is 14.7 Å². The molecule has 16 heavy (non-hydrogen) atoms. The average Bonchev–Trinajstić information content (AvgIpc) is 2.16. The van der Waals surface area contributed by atoms with E-state index >= 15 is 0 Å². The number of carboxylic acids is 1. The van der Waals surface area contributed by atoms with Crippen LogP contribution in [0.3, 0.4) is 0 Å².